The normalized spacial score (nSPS) is 10.4. The van der Waals surface area contributed by atoms with Crippen LogP contribution in [0.2, 0.25) is 0 Å². The molecule has 3 N–H and O–H groups in total. The zero-order valence-electron chi connectivity index (χ0n) is 10.0. The third kappa shape index (κ3) is 2.97. The molecule has 0 saturated carbocycles. The minimum absolute atomic E-state index is 0.215. The molecule has 0 amide bonds. The number of nitrogens with one attached hydrogen (secondary N) is 1. The van der Waals surface area contributed by atoms with Crippen molar-refractivity contribution in [3.63, 3.8) is 0 Å². The highest BCUT2D eigenvalue weighted by molar-refractivity contribution is 5.56. The molecular formula is C14H14F2N2. The molecule has 0 unspecified atom stereocenters. The number of hydrogen-bond donors (Lipinski definition) is 2. The molecule has 2 rings (SSSR count). The maximum absolute atomic E-state index is 13.4. The Morgan fingerprint density at radius 1 is 1.11 bits per heavy atom. The molecule has 2 aromatic carbocycles. The van der Waals surface area contributed by atoms with Crippen LogP contribution in [0.15, 0.2) is 36.4 Å². The molecule has 2 aromatic rings. The summed E-state index contributed by atoms with van der Waals surface area (Å²) in [6.07, 6.45) is 0. The van der Waals surface area contributed by atoms with Gasteiger partial charge in [-0.05, 0) is 48.9 Å². The fraction of sp³-hybridized carbons (Fsp3) is 0.143. The maximum Gasteiger partial charge on any atom is 0.128 e. The van der Waals surface area contributed by atoms with E-state index in [0.29, 0.717) is 5.69 Å². The van der Waals surface area contributed by atoms with E-state index in [2.05, 4.69) is 5.32 Å². The molecule has 0 atom stereocenters. The second-order valence-corrected chi connectivity index (χ2v) is 4.22. The van der Waals surface area contributed by atoms with Crippen LogP contribution in [0.4, 0.5) is 20.2 Å². The first-order valence-electron chi connectivity index (χ1n) is 5.59. The van der Waals surface area contributed by atoms with E-state index < -0.39 is 11.6 Å². The van der Waals surface area contributed by atoms with Crippen LogP contribution in [0.3, 0.4) is 0 Å². The van der Waals surface area contributed by atoms with Gasteiger partial charge in [0.1, 0.15) is 11.6 Å². The van der Waals surface area contributed by atoms with Crippen molar-refractivity contribution in [2.24, 2.45) is 0 Å². The van der Waals surface area contributed by atoms with Crippen LogP contribution < -0.4 is 11.1 Å². The van der Waals surface area contributed by atoms with Crippen LogP contribution in [0.25, 0.3) is 0 Å². The molecule has 0 heterocycles. The van der Waals surface area contributed by atoms with Crippen LogP contribution in [-0.4, -0.2) is 0 Å². The van der Waals surface area contributed by atoms with Crippen molar-refractivity contribution in [2.45, 2.75) is 13.5 Å². The molecule has 2 nitrogen and oxygen atoms in total. The zero-order valence-corrected chi connectivity index (χ0v) is 10.0. The minimum Gasteiger partial charge on any atom is -0.399 e. The molecule has 0 radical (unpaired) electrons. The van der Waals surface area contributed by atoms with Crippen LogP contribution in [-0.2, 0) is 6.54 Å². The van der Waals surface area contributed by atoms with Crippen LogP contribution in [0.1, 0.15) is 11.1 Å². The van der Waals surface area contributed by atoms with Crippen LogP contribution >= 0.6 is 0 Å². The first kappa shape index (κ1) is 12.4. The van der Waals surface area contributed by atoms with Crippen molar-refractivity contribution in [2.75, 3.05) is 11.1 Å². The summed E-state index contributed by atoms with van der Waals surface area (Å²) in [6, 6.07) is 8.90. The molecule has 0 bridgehead atoms. The average Bonchev–Trinajstić information content (AvgIpc) is 2.29. The second-order valence-electron chi connectivity index (χ2n) is 4.22. The van der Waals surface area contributed by atoms with Gasteiger partial charge in [-0.15, -0.1) is 0 Å². The van der Waals surface area contributed by atoms with Gasteiger partial charge in [-0.25, -0.2) is 8.78 Å². The fourth-order valence-electron chi connectivity index (χ4n) is 1.79. The molecule has 0 spiro atoms. The Labute approximate surface area is 104 Å². The summed E-state index contributed by atoms with van der Waals surface area (Å²) in [4.78, 5) is 0. The Hall–Kier alpha value is -2.10. The fourth-order valence-corrected chi connectivity index (χ4v) is 1.79. The van der Waals surface area contributed by atoms with Crippen LogP contribution in [0, 0.1) is 18.6 Å². The monoisotopic (exact) mass is 248 g/mol. The van der Waals surface area contributed by atoms with Gasteiger partial charge in [0.2, 0.25) is 0 Å². The number of nitrogen functional groups attached to an aromatic ring is 1. The summed E-state index contributed by atoms with van der Waals surface area (Å²) in [6.45, 7) is 2.14. The maximum atomic E-state index is 13.4. The molecule has 0 fully saturated rings. The Morgan fingerprint density at radius 2 is 1.89 bits per heavy atom. The third-order valence-corrected chi connectivity index (χ3v) is 2.59. The van der Waals surface area contributed by atoms with E-state index in [0.717, 1.165) is 23.4 Å². The quantitative estimate of drug-likeness (QED) is 0.816. The number of nitrogens with two attached hydrogens (primary N) is 1. The number of hydrogen-bond acceptors (Lipinski definition) is 2. The highest BCUT2D eigenvalue weighted by Gasteiger charge is 2.04. The van der Waals surface area contributed by atoms with E-state index in [1.54, 1.807) is 6.07 Å². The molecule has 18 heavy (non-hydrogen) atoms. The summed E-state index contributed by atoms with van der Waals surface area (Å²) in [5.41, 5.74) is 8.43. The van der Waals surface area contributed by atoms with Crippen molar-refractivity contribution in [3.8, 4) is 0 Å². The lowest BCUT2D eigenvalue weighted by atomic mass is 10.1. The van der Waals surface area contributed by atoms with Gasteiger partial charge in [0.25, 0.3) is 0 Å². The smallest absolute Gasteiger partial charge is 0.128 e. The van der Waals surface area contributed by atoms with Crippen molar-refractivity contribution in [1.82, 2.24) is 0 Å². The number of halogens is 2. The van der Waals surface area contributed by atoms with E-state index in [1.165, 1.54) is 6.07 Å². The van der Waals surface area contributed by atoms with Crippen molar-refractivity contribution in [1.29, 1.82) is 0 Å². The molecule has 0 aliphatic heterocycles. The number of benzene rings is 2. The van der Waals surface area contributed by atoms with E-state index in [4.69, 9.17) is 5.73 Å². The number of anilines is 2. The topological polar surface area (TPSA) is 38.0 Å². The Balaban J connectivity index is 2.13. The second kappa shape index (κ2) is 5.04. The molecule has 0 aromatic heterocycles. The lowest BCUT2D eigenvalue weighted by Crippen LogP contribution is -2.03. The third-order valence-electron chi connectivity index (χ3n) is 2.59. The van der Waals surface area contributed by atoms with E-state index in [1.807, 2.05) is 19.1 Å². The first-order chi connectivity index (χ1) is 8.54. The summed E-state index contributed by atoms with van der Waals surface area (Å²) in [5, 5.41) is 3.02. The molecule has 0 aliphatic carbocycles. The van der Waals surface area contributed by atoms with Crippen molar-refractivity contribution in [3.05, 3.63) is 59.2 Å². The Bertz CT molecular complexity index is 547. The Kier molecular flexibility index (Phi) is 3.46. The number of aryl methyl sites for hydroxylation is 1. The molecule has 4 heteroatoms. The summed E-state index contributed by atoms with van der Waals surface area (Å²) >= 11 is 0. The van der Waals surface area contributed by atoms with E-state index in [9.17, 15) is 8.78 Å². The molecule has 94 valence electrons. The minimum atomic E-state index is -0.447. The van der Waals surface area contributed by atoms with Gasteiger partial charge < -0.3 is 11.1 Å². The van der Waals surface area contributed by atoms with Gasteiger partial charge >= 0.3 is 0 Å². The molecule has 0 saturated heterocycles. The highest BCUT2D eigenvalue weighted by atomic mass is 19.1. The lowest BCUT2D eigenvalue weighted by molar-refractivity contribution is 0.587. The first-order valence-corrected chi connectivity index (χ1v) is 5.59. The van der Waals surface area contributed by atoms with Gasteiger partial charge in [-0.3, -0.25) is 0 Å². The largest absolute Gasteiger partial charge is 0.399 e. The van der Waals surface area contributed by atoms with Gasteiger partial charge in [-0.1, -0.05) is 0 Å². The lowest BCUT2D eigenvalue weighted by Gasteiger charge is -2.09. The molecule has 0 aliphatic rings. The average molecular weight is 248 g/mol. The van der Waals surface area contributed by atoms with E-state index in [-0.39, 0.29) is 12.1 Å². The van der Waals surface area contributed by atoms with Gasteiger partial charge in [0, 0.05) is 23.5 Å². The number of rotatable bonds is 3. The highest BCUT2D eigenvalue weighted by Crippen LogP contribution is 2.18. The van der Waals surface area contributed by atoms with Crippen LogP contribution in [0.5, 0.6) is 0 Å². The van der Waals surface area contributed by atoms with Gasteiger partial charge in [-0.2, -0.15) is 0 Å². The van der Waals surface area contributed by atoms with Gasteiger partial charge in [0.15, 0.2) is 0 Å². The predicted molar refractivity (Wildman–Crippen MR) is 69.3 cm³/mol. The van der Waals surface area contributed by atoms with Crippen molar-refractivity contribution < 1.29 is 8.78 Å². The summed E-state index contributed by atoms with van der Waals surface area (Å²) < 4.78 is 26.4. The van der Waals surface area contributed by atoms with E-state index >= 15 is 0 Å². The standard InChI is InChI=1S/C14H14F2N2/c1-9-4-12(17)7-13(5-9)18-8-10-6-11(15)2-3-14(10)16/h2-7,18H,8,17H2,1H3. The molecular weight excluding hydrogens is 234 g/mol. The predicted octanol–water partition coefficient (Wildman–Crippen LogP) is 3.47. The van der Waals surface area contributed by atoms with Crippen molar-refractivity contribution >= 4 is 11.4 Å². The Morgan fingerprint density at radius 3 is 2.61 bits per heavy atom. The zero-order chi connectivity index (χ0) is 13.1. The SMILES string of the molecule is Cc1cc(N)cc(NCc2cc(F)ccc2F)c1. The summed E-state index contributed by atoms with van der Waals surface area (Å²) in [7, 11) is 0. The summed E-state index contributed by atoms with van der Waals surface area (Å²) in [5.74, 6) is -0.874. The van der Waals surface area contributed by atoms with Gasteiger partial charge in [0.05, 0.1) is 0 Å².